The fraction of sp³-hybridized carbons (Fsp3) is 0.588. The fourth-order valence-corrected chi connectivity index (χ4v) is 3.94. The molecule has 1 aliphatic rings. The van der Waals surface area contributed by atoms with E-state index in [2.05, 4.69) is 16.2 Å². The number of carbonyl (C=O) groups is 3. The van der Waals surface area contributed by atoms with Crippen molar-refractivity contribution in [3.63, 3.8) is 0 Å². The molecule has 3 amide bonds. The summed E-state index contributed by atoms with van der Waals surface area (Å²) in [5, 5.41) is 2.59. The Morgan fingerprint density at radius 2 is 1.79 bits per heavy atom. The van der Waals surface area contributed by atoms with Gasteiger partial charge in [-0.2, -0.15) is 0 Å². The first kappa shape index (κ1) is 18.4. The molecule has 1 aromatic rings. The zero-order valence-corrected chi connectivity index (χ0v) is 15.2. The van der Waals surface area contributed by atoms with E-state index in [0.717, 1.165) is 25.7 Å². The van der Waals surface area contributed by atoms with Crippen LogP contribution in [0.5, 0.6) is 0 Å². The van der Waals surface area contributed by atoms with E-state index in [-0.39, 0.29) is 17.7 Å². The highest BCUT2D eigenvalue weighted by Gasteiger charge is 2.24. The number of amides is 3. The fourth-order valence-electron chi connectivity index (χ4n) is 2.79. The molecule has 0 radical (unpaired) electrons. The van der Waals surface area contributed by atoms with Gasteiger partial charge in [-0.15, -0.1) is 11.3 Å². The number of hydrogen-bond donors (Lipinski definition) is 3. The second-order valence-electron chi connectivity index (χ2n) is 6.49. The number of carbonyl (C=O) groups excluding carboxylic acids is 3. The van der Waals surface area contributed by atoms with Crippen molar-refractivity contribution in [2.24, 2.45) is 5.92 Å². The number of aryl methyl sites for hydroxylation is 2. The second-order valence-corrected chi connectivity index (χ2v) is 7.62. The van der Waals surface area contributed by atoms with Gasteiger partial charge in [0.2, 0.25) is 5.91 Å². The summed E-state index contributed by atoms with van der Waals surface area (Å²) in [6.45, 7) is 5.02. The molecule has 2 rings (SSSR count). The van der Waals surface area contributed by atoms with Crippen LogP contribution in [-0.4, -0.2) is 23.8 Å². The SMILES string of the molecule is CC(=O)N[C@H](C(=O)NNC(=O)c1cc2c(s1)CCCCC2)C(C)C. The van der Waals surface area contributed by atoms with Gasteiger partial charge in [-0.3, -0.25) is 25.2 Å². The van der Waals surface area contributed by atoms with Crippen LogP contribution < -0.4 is 16.2 Å². The topological polar surface area (TPSA) is 87.3 Å². The van der Waals surface area contributed by atoms with Gasteiger partial charge < -0.3 is 5.32 Å². The lowest BCUT2D eigenvalue weighted by Crippen LogP contribution is -2.53. The summed E-state index contributed by atoms with van der Waals surface area (Å²) in [5.74, 6) is -1.10. The Morgan fingerprint density at radius 3 is 2.46 bits per heavy atom. The third-order valence-electron chi connectivity index (χ3n) is 4.08. The van der Waals surface area contributed by atoms with Crippen LogP contribution in [0.4, 0.5) is 0 Å². The van der Waals surface area contributed by atoms with Crippen molar-refractivity contribution >= 4 is 29.1 Å². The highest BCUT2D eigenvalue weighted by atomic mass is 32.1. The molecular weight excluding hydrogens is 326 g/mol. The predicted octanol–water partition coefficient (Wildman–Crippen LogP) is 1.94. The lowest BCUT2D eigenvalue weighted by atomic mass is 10.0. The minimum atomic E-state index is -0.678. The van der Waals surface area contributed by atoms with Gasteiger partial charge in [-0.1, -0.05) is 20.3 Å². The maximum absolute atomic E-state index is 12.3. The summed E-state index contributed by atoms with van der Waals surface area (Å²) in [6.07, 6.45) is 5.60. The minimum Gasteiger partial charge on any atom is -0.344 e. The number of nitrogens with one attached hydrogen (secondary N) is 3. The van der Waals surface area contributed by atoms with Crippen LogP contribution in [-0.2, 0) is 22.4 Å². The van der Waals surface area contributed by atoms with Gasteiger partial charge in [0.15, 0.2) is 0 Å². The zero-order valence-electron chi connectivity index (χ0n) is 14.4. The Bertz CT molecular complexity index is 601. The third-order valence-corrected chi connectivity index (χ3v) is 5.31. The highest BCUT2D eigenvalue weighted by molar-refractivity contribution is 7.14. The highest BCUT2D eigenvalue weighted by Crippen LogP contribution is 2.28. The molecular formula is C17H25N3O3S. The van der Waals surface area contributed by atoms with Crippen molar-refractivity contribution in [1.82, 2.24) is 16.2 Å². The molecule has 1 aliphatic carbocycles. The summed E-state index contributed by atoms with van der Waals surface area (Å²) < 4.78 is 0. The summed E-state index contributed by atoms with van der Waals surface area (Å²) in [4.78, 5) is 37.5. The smallest absolute Gasteiger partial charge is 0.279 e. The van der Waals surface area contributed by atoms with Gasteiger partial charge >= 0.3 is 0 Å². The largest absolute Gasteiger partial charge is 0.344 e. The van der Waals surface area contributed by atoms with Crippen molar-refractivity contribution in [1.29, 1.82) is 0 Å². The molecule has 0 fully saturated rings. The molecule has 132 valence electrons. The molecule has 0 spiro atoms. The zero-order chi connectivity index (χ0) is 17.7. The van der Waals surface area contributed by atoms with Crippen LogP contribution in [0.15, 0.2) is 6.07 Å². The first-order chi connectivity index (χ1) is 11.4. The average molecular weight is 351 g/mol. The van der Waals surface area contributed by atoms with E-state index in [4.69, 9.17) is 0 Å². The van der Waals surface area contributed by atoms with Gasteiger partial charge in [0, 0.05) is 11.8 Å². The predicted molar refractivity (Wildman–Crippen MR) is 93.6 cm³/mol. The maximum atomic E-state index is 12.3. The van der Waals surface area contributed by atoms with Crippen molar-refractivity contribution in [3.8, 4) is 0 Å². The van der Waals surface area contributed by atoms with E-state index in [1.54, 1.807) is 0 Å². The van der Waals surface area contributed by atoms with E-state index in [0.29, 0.717) is 4.88 Å². The van der Waals surface area contributed by atoms with Crippen LogP contribution in [0.25, 0.3) is 0 Å². The average Bonchev–Trinajstić information content (AvgIpc) is 2.80. The Hall–Kier alpha value is -1.89. The lowest BCUT2D eigenvalue weighted by molar-refractivity contribution is -0.129. The van der Waals surface area contributed by atoms with Gasteiger partial charge in [0.1, 0.15) is 6.04 Å². The normalized spacial score (nSPS) is 15.2. The summed E-state index contributed by atoms with van der Waals surface area (Å²) in [6, 6.07) is 1.25. The summed E-state index contributed by atoms with van der Waals surface area (Å²) >= 11 is 1.50. The maximum Gasteiger partial charge on any atom is 0.279 e. The molecule has 1 aromatic heterocycles. The quantitative estimate of drug-likeness (QED) is 0.572. The van der Waals surface area contributed by atoms with Crippen LogP contribution in [0, 0.1) is 5.92 Å². The molecule has 24 heavy (non-hydrogen) atoms. The molecule has 3 N–H and O–H groups in total. The second kappa shape index (κ2) is 8.28. The molecule has 0 aliphatic heterocycles. The summed E-state index contributed by atoms with van der Waals surface area (Å²) in [5.41, 5.74) is 6.12. The van der Waals surface area contributed by atoms with Crippen molar-refractivity contribution in [2.75, 3.05) is 0 Å². The Labute approximate surface area is 146 Å². The minimum absolute atomic E-state index is 0.0800. The molecule has 0 aromatic carbocycles. The van der Waals surface area contributed by atoms with Gasteiger partial charge in [0.05, 0.1) is 4.88 Å². The van der Waals surface area contributed by atoms with Gasteiger partial charge in [-0.25, -0.2) is 0 Å². The number of hydrogen-bond acceptors (Lipinski definition) is 4. The molecule has 0 unspecified atom stereocenters. The van der Waals surface area contributed by atoms with Crippen LogP contribution in [0.1, 0.15) is 60.1 Å². The molecule has 0 bridgehead atoms. The van der Waals surface area contributed by atoms with E-state index in [1.807, 2.05) is 19.9 Å². The standard InChI is InChI=1S/C17H25N3O3S/c1-10(2)15(18-11(3)21)17(23)20-19-16(22)14-9-12-7-5-4-6-8-13(12)24-14/h9-10,15H,4-8H2,1-3H3,(H,18,21)(H,19,22)(H,20,23)/t15-/m0/s1. The van der Waals surface area contributed by atoms with Crippen LogP contribution in [0.3, 0.4) is 0 Å². The first-order valence-electron chi connectivity index (χ1n) is 8.37. The molecule has 1 heterocycles. The molecule has 0 saturated carbocycles. The number of rotatable bonds is 4. The Balaban J connectivity index is 1.94. The lowest BCUT2D eigenvalue weighted by Gasteiger charge is -2.20. The number of fused-ring (bicyclic) bond motifs is 1. The molecule has 1 atom stereocenters. The van der Waals surface area contributed by atoms with Crippen molar-refractivity contribution in [2.45, 2.75) is 58.9 Å². The first-order valence-corrected chi connectivity index (χ1v) is 9.19. The monoisotopic (exact) mass is 351 g/mol. The molecule has 0 saturated heterocycles. The number of thiophene rings is 1. The Morgan fingerprint density at radius 1 is 1.08 bits per heavy atom. The molecule has 7 heteroatoms. The van der Waals surface area contributed by atoms with E-state index in [9.17, 15) is 14.4 Å². The van der Waals surface area contributed by atoms with Crippen LogP contribution in [0.2, 0.25) is 0 Å². The van der Waals surface area contributed by atoms with Crippen LogP contribution >= 0.6 is 11.3 Å². The van der Waals surface area contributed by atoms with E-state index < -0.39 is 11.9 Å². The Kier molecular flexibility index (Phi) is 6.36. The van der Waals surface area contributed by atoms with E-state index in [1.165, 1.54) is 35.1 Å². The van der Waals surface area contributed by atoms with E-state index >= 15 is 0 Å². The van der Waals surface area contributed by atoms with Crippen molar-refractivity contribution < 1.29 is 14.4 Å². The number of hydrazine groups is 1. The van der Waals surface area contributed by atoms with Crippen molar-refractivity contribution in [3.05, 3.63) is 21.4 Å². The van der Waals surface area contributed by atoms with Gasteiger partial charge in [0.25, 0.3) is 11.8 Å². The summed E-state index contributed by atoms with van der Waals surface area (Å²) in [7, 11) is 0. The molecule has 6 nitrogen and oxygen atoms in total. The third kappa shape index (κ3) is 4.80. The van der Waals surface area contributed by atoms with Gasteiger partial charge in [-0.05, 0) is 43.2 Å².